The van der Waals surface area contributed by atoms with Crippen molar-refractivity contribution in [3.05, 3.63) is 60.3 Å². The van der Waals surface area contributed by atoms with Crippen molar-refractivity contribution < 1.29 is 18.8 Å². The highest BCUT2D eigenvalue weighted by Gasteiger charge is 2.12. The molecule has 0 aliphatic carbocycles. The van der Waals surface area contributed by atoms with E-state index in [1.165, 1.54) is 5.56 Å². The Morgan fingerprint density at radius 2 is 1.85 bits per heavy atom. The molecule has 0 saturated carbocycles. The zero-order valence-corrected chi connectivity index (χ0v) is 20.1. The predicted octanol–water partition coefficient (Wildman–Crippen LogP) is 4.91. The van der Waals surface area contributed by atoms with E-state index in [0.717, 1.165) is 17.5 Å². The van der Waals surface area contributed by atoms with E-state index in [-0.39, 0.29) is 19.3 Å². The van der Waals surface area contributed by atoms with Gasteiger partial charge in [0, 0.05) is 23.5 Å². The number of aryl methyl sites for hydroxylation is 1. The molecule has 1 aromatic heterocycles. The summed E-state index contributed by atoms with van der Waals surface area (Å²) in [6.07, 6.45) is 1.82. The molecule has 34 heavy (non-hydrogen) atoms. The summed E-state index contributed by atoms with van der Waals surface area (Å²) in [6, 6.07) is 14.6. The average Bonchev–Trinajstić information content (AvgIpc) is 2.85. The topological polar surface area (TPSA) is 126 Å². The Morgan fingerprint density at radius 3 is 2.47 bits per heavy atom. The molecule has 180 valence electrons. The molecule has 0 spiro atoms. The van der Waals surface area contributed by atoms with Crippen LogP contribution in [-0.4, -0.2) is 40.4 Å². The van der Waals surface area contributed by atoms with Crippen molar-refractivity contribution in [2.75, 3.05) is 23.8 Å². The van der Waals surface area contributed by atoms with Gasteiger partial charge in [-0.2, -0.15) is 4.98 Å². The molecule has 10 heteroatoms. The van der Waals surface area contributed by atoms with Crippen LogP contribution in [-0.2, 0) is 26.0 Å². The minimum Gasteiger partial charge on any atom is -0.450 e. The number of nitrogens with one attached hydrogen (secondary N) is 2. The van der Waals surface area contributed by atoms with Crippen LogP contribution in [0, 0.1) is 0 Å². The Hall–Kier alpha value is -3.50. The highest BCUT2D eigenvalue weighted by molar-refractivity contribution is 7.75. The number of amides is 1. The second kappa shape index (κ2) is 12.1. The molecule has 0 saturated heterocycles. The largest absolute Gasteiger partial charge is 0.450 e. The third kappa shape index (κ3) is 6.75. The van der Waals surface area contributed by atoms with Gasteiger partial charge in [0.2, 0.25) is 5.95 Å². The normalized spacial score (nSPS) is 12.7. The van der Waals surface area contributed by atoms with Crippen LogP contribution in [0.5, 0.6) is 0 Å². The number of aromatic nitrogens is 2. The molecule has 1 amide bonds. The van der Waals surface area contributed by atoms with E-state index < -0.39 is 16.7 Å². The van der Waals surface area contributed by atoms with Crippen LogP contribution in [0.2, 0.25) is 0 Å². The van der Waals surface area contributed by atoms with Crippen molar-refractivity contribution in [2.45, 2.75) is 38.1 Å². The lowest BCUT2D eigenvalue weighted by Crippen LogP contribution is -2.21. The van der Waals surface area contributed by atoms with Crippen LogP contribution in [0.25, 0.3) is 11.1 Å². The molecule has 3 N–H and O–H groups in total. The number of benzene rings is 2. The van der Waals surface area contributed by atoms with E-state index in [4.69, 9.17) is 0 Å². The summed E-state index contributed by atoms with van der Waals surface area (Å²) in [5.41, 5.74) is 3.69. The zero-order chi connectivity index (χ0) is 24.5. The molecule has 9 nitrogen and oxygen atoms in total. The van der Waals surface area contributed by atoms with Crippen molar-refractivity contribution in [1.82, 2.24) is 9.97 Å². The van der Waals surface area contributed by atoms with Gasteiger partial charge < -0.3 is 24.7 Å². The fraction of sp³-hybridized carbons (Fsp3) is 0.292. The lowest BCUT2D eigenvalue weighted by atomic mass is 10.0. The monoisotopic (exact) mass is 482 g/mol. The third-order valence-electron chi connectivity index (χ3n) is 4.86. The summed E-state index contributed by atoms with van der Waals surface area (Å²) in [5.74, 6) is 0.945. The predicted molar refractivity (Wildman–Crippen MR) is 133 cm³/mol. The van der Waals surface area contributed by atoms with Gasteiger partial charge in [-0.15, -0.1) is 10.6 Å². The number of carbonyl (C=O) groups is 1. The number of hydrogen-bond donors (Lipinski definition) is 3. The number of anilines is 3. The van der Waals surface area contributed by atoms with Gasteiger partial charge in [0.25, 0.3) is 0 Å². The maximum absolute atomic E-state index is 12.2. The molecule has 3 rings (SSSR count). The van der Waals surface area contributed by atoms with Crippen LogP contribution in [0.1, 0.15) is 26.3 Å². The molecule has 3 aromatic rings. The molecule has 0 radical (unpaired) electrons. The first-order chi connectivity index (χ1) is 16.4. The molecule has 0 bridgehead atoms. The minimum absolute atomic E-state index is 0.0452. The van der Waals surface area contributed by atoms with Gasteiger partial charge in [0.1, 0.15) is 5.82 Å². The van der Waals surface area contributed by atoms with Crippen molar-refractivity contribution in [3.8, 4) is 11.1 Å². The van der Waals surface area contributed by atoms with E-state index in [1.807, 2.05) is 19.1 Å². The van der Waals surface area contributed by atoms with Gasteiger partial charge in [0.15, 0.2) is 0 Å². The smallest absolute Gasteiger partial charge is 0.410 e. The molecule has 0 aliphatic rings. The summed E-state index contributed by atoms with van der Waals surface area (Å²) in [5, 5.41) is 15.8. The van der Waals surface area contributed by atoms with Crippen LogP contribution in [0.4, 0.5) is 22.2 Å². The van der Waals surface area contributed by atoms with E-state index in [0.29, 0.717) is 22.3 Å². The fourth-order valence-corrected chi connectivity index (χ4v) is 3.68. The number of rotatable bonds is 9. The van der Waals surface area contributed by atoms with Gasteiger partial charge in [-0.1, -0.05) is 48.2 Å². The third-order valence-corrected chi connectivity index (χ3v) is 5.85. The number of nitrogens with zero attached hydrogens (tertiary/aromatic N) is 3. The summed E-state index contributed by atoms with van der Waals surface area (Å²) in [4.78, 5) is 20.8. The highest BCUT2D eigenvalue weighted by atomic mass is 32.2. The quantitative estimate of drug-likeness (QED) is 0.368. The van der Waals surface area contributed by atoms with E-state index in [2.05, 4.69) is 48.8 Å². The van der Waals surface area contributed by atoms with Crippen molar-refractivity contribution in [2.24, 2.45) is 4.36 Å². The van der Waals surface area contributed by atoms with E-state index >= 15 is 0 Å². The Kier molecular flexibility index (Phi) is 8.94. The summed E-state index contributed by atoms with van der Waals surface area (Å²) < 4.78 is 20.3. The Balaban J connectivity index is 1.83. The fourth-order valence-electron chi connectivity index (χ4n) is 3.02. The van der Waals surface area contributed by atoms with Crippen molar-refractivity contribution in [3.63, 3.8) is 0 Å². The number of ether oxygens (including phenoxy) is 1. The number of aliphatic hydroxyl groups excluding tert-OH is 1. The first kappa shape index (κ1) is 25.1. The molecule has 2 aromatic carbocycles. The molecule has 0 aliphatic heterocycles. The highest BCUT2D eigenvalue weighted by Crippen LogP contribution is 2.28. The van der Waals surface area contributed by atoms with Crippen LogP contribution >= 0.6 is 0 Å². The second-order valence-electron chi connectivity index (χ2n) is 7.42. The molecule has 1 unspecified atom stereocenters. The van der Waals surface area contributed by atoms with Gasteiger partial charge in [-0.05, 0) is 43.5 Å². The van der Waals surface area contributed by atoms with Gasteiger partial charge in [0.05, 0.1) is 13.2 Å². The van der Waals surface area contributed by atoms with Gasteiger partial charge in [-0.3, -0.25) is 4.36 Å². The average molecular weight is 483 g/mol. The Labute approximate surface area is 200 Å². The standard InChI is InChI=1S/C24H28N5O4S/c1-4-17-6-8-18(9-7-17)21-14-25-23(28-22(21)26-16(3)15-30)27-19-10-12-20(13-11-19)34(32)29-24(31)33-5-2/h6-14,16,30H,4-5,15H2,1-3H3,(H2,25,26,27,28)/q-1. The summed E-state index contributed by atoms with van der Waals surface area (Å²) >= 11 is 0. The number of carbonyl (C=O) groups excluding carboxylic acids is 1. The number of aliphatic hydroxyl groups is 1. The molecule has 0 fully saturated rings. The van der Waals surface area contributed by atoms with E-state index in [9.17, 15) is 14.1 Å². The van der Waals surface area contributed by atoms with Crippen LogP contribution in [0.3, 0.4) is 0 Å². The zero-order valence-electron chi connectivity index (χ0n) is 19.3. The second-order valence-corrected chi connectivity index (χ2v) is 8.58. The first-order valence-electron chi connectivity index (χ1n) is 10.9. The van der Waals surface area contributed by atoms with Crippen LogP contribution in [0.15, 0.2) is 64.0 Å². The SMILES string of the molecule is CCOC(=O)N=[S-](=O)c1ccc(Nc2ncc(-c3ccc(CC)cc3)c(NC(C)CO)n2)cc1. The van der Waals surface area contributed by atoms with Crippen LogP contribution < -0.4 is 10.6 Å². The molecule has 1 heterocycles. The molecular weight excluding hydrogens is 454 g/mol. The van der Waals surface area contributed by atoms with Crippen molar-refractivity contribution in [1.29, 1.82) is 0 Å². The molecule has 1 atom stereocenters. The van der Waals surface area contributed by atoms with Gasteiger partial charge >= 0.3 is 6.09 Å². The summed E-state index contributed by atoms with van der Waals surface area (Å²) in [6.45, 7) is 5.74. The minimum atomic E-state index is -1.85. The summed E-state index contributed by atoms with van der Waals surface area (Å²) in [7, 11) is -1.85. The van der Waals surface area contributed by atoms with E-state index in [1.54, 1.807) is 37.4 Å². The maximum Gasteiger partial charge on any atom is 0.410 e. The Bertz CT molecular complexity index is 1190. The van der Waals surface area contributed by atoms with Crippen molar-refractivity contribution >= 4 is 34.1 Å². The maximum atomic E-state index is 12.2. The Morgan fingerprint density at radius 1 is 1.15 bits per heavy atom. The lowest BCUT2D eigenvalue weighted by molar-refractivity contribution is 0.164. The van der Waals surface area contributed by atoms with Gasteiger partial charge in [-0.25, -0.2) is 9.78 Å². The first-order valence-corrected chi connectivity index (χ1v) is 12.0. The number of hydrogen-bond acceptors (Lipinski definition) is 9. The lowest BCUT2D eigenvalue weighted by Gasteiger charge is -2.17. The molecular formula is C24H28N5O4S-.